The molecule has 0 aliphatic carbocycles. The highest BCUT2D eigenvalue weighted by Crippen LogP contribution is 2.26. The van der Waals surface area contributed by atoms with Gasteiger partial charge >= 0.3 is 12.3 Å². The van der Waals surface area contributed by atoms with E-state index in [-0.39, 0.29) is 12.3 Å². The molecule has 1 aromatic rings. The maximum atomic E-state index is 12.4. The Bertz CT molecular complexity index is 607. The third-order valence-corrected chi connectivity index (χ3v) is 3.11. The summed E-state index contributed by atoms with van der Waals surface area (Å²) in [6.07, 6.45) is -3.41. The average Bonchev–Trinajstić information content (AvgIpc) is 2.48. The van der Waals surface area contributed by atoms with E-state index >= 15 is 0 Å². The number of hydrogen-bond donors (Lipinski definition) is 0. The summed E-state index contributed by atoms with van der Waals surface area (Å²) in [6, 6.07) is 4.69. The summed E-state index contributed by atoms with van der Waals surface area (Å²) >= 11 is 0. The predicted octanol–water partition coefficient (Wildman–Crippen LogP) is 5.03. The molecule has 0 N–H and O–H groups in total. The fourth-order valence-corrected chi connectivity index (χ4v) is 1.99. The van der Waals surface area contributed by atoms with Crippen molar-refractivity contribution in [3.05, 3.63) is 35.9 Å². The quantitative estimate of drug-likeness (QED) is 0.715. The van der Waals surface area contributed by atoms with E-state index in [0.717, 1.165) is 5.56 Å². The van der Waals surface area contributed by atoms with Crippen molar-refractivity contribution in [1.82, 2.24) is 4.90 Å². The molecule has 25 heavy (non-hydrogen) atoms. The van der Waals surface area contributed by atoms with E-state index < -0.39 is 24.5 Å². The third-order valence-electron chi connectivity index (χ3n) is 3.11. The van der Waals surface area contributed by atoms with Crippen molar-refractivity contribution in [2.24, 2.45) is 0 Å². The Morgan fingerprint density at radius 2 is 1.92 bits per heavy atom. The summed E-state index contributed by atoms with van der Waals surface area (Å²) in [4.78, 5) is 13.6. The fourth-order valence-electron chi connectivity index (χ4n) is 1.99. The molecule has 1 amide bonds. The van der Waals surface area contributed by atoms with Crippen LogP contribution in [0.3, 0.4) is 0 Å². The van der Waals surface area contributed by atoms with Gasteiger partial charge in [0.25, 0.3) is 0 Å². The molecule has 0 atom stereocenters. The molecule has 1 rings (SSSR count). The van der Waals surface area contributed by atoms with Gasteiger partial charge in [0.2, 0.25) is 0 Å². The lowest BCUT2D eigenvalue weighted by Crippen LogP contribution is -2.36. The van der Waals surface area contributed by atoms with Crippen LogP contribution in [0.4, 0.5) is 18.0 Å². The van der Waals surface area contributed by atoms with Crippen LogP contribution >= 0.6 is 0 Å². The molecule has 7 heteroatoms. The van der Waals surface area contributed by atoms with E-state index in [0.29, 0.717) is 12.1 Å². The average molecular weight is 359 g/mol. The molecule has 0 aliphatic rings. The Hall–Kier alpha value is -2.18. The van der Waals surface area contributed by atoms with Crippen LogP contribution < -0.4 is 4.74 Å². The lowest BCUT2D eigenvalue weighted by molar-refractivity contribution is -0.153. The van der Waals surface area contributed by atoms with E-state index in [1.165, 1.54) is 11.0 Å². The fraction of sp³-hybridized carbons (Fsp3) is 0.500. The van der Waals surface area contributed by atoms with E-state index in [9.17, 15) is 18.0 Å². The van der Waals surface area contributed by atoms with Crippen LogP contribution in [-0.2, 0) is 11.3 Å². The standard InChI is InChI=1S/C18H24F3NO3/c1-6-13-8-9-15(24-12-18(19,20)21)14(10-13)11-22(7-2)16(23)25-17(3,4)5/h6,8-10H,1,7,11-12H2,2-5H3. The zero-order valence-corrected chi connectivity index (χ0v) is 14.9. The first-order valence-corrected chi connectivity index (χ1v) is 7.88. The van der Waals surface area contributed by atoms with Gasteiger partial charge in [0.05, 0.1) is 6.54 Å². The van der Waals surface area contributed by atoms with Crippen molar-refractivity contribution in [1.29, 1.82) is 0 Å². The number of amides is 1. The number of halogens is 3. The number of hydrogen-bond acceptors (Lipinski definition) is 3. The van der Waals surface area contributed by atoms with Crippen molar-refractivity contribution in [2.45, 2.75) is 46.0 Å². The monoisotopic (exact) mass is 359 g/mol. The highest BCUT2D eigenvalue weighted by atomic mass is 19.4. The normalized spacial score (nSPS) is 11.8. The van der Waals surface area contributed by atoms with Crippen LogP contribution in [0.15, 0.2) is 24.8 Å². The first kappa shape index (κ1) is 20.9. The van der Waals surface area contributed by atoms with Crippen LogP contribution in [-0.4, -0.2) is 35.9 Å². The Balaban J connectivity index is 3.02. The Morgan fingerprint density at radius 3 is 2.40 bits per heavy atom. The second-order valence-corrected chi connectivity index (χ2v) is 6.47. The second-order valence-electron chi connectivity index (χ2n) is 6.47. The molecule has 140 valence electrons. The van der Waals surface area contributed by atoms with Crippen LogP contribution in [0.25, 0.3) is 6.08 Å². The molecule has 1 aromatic carbocycles. The van der Waals surface area contributed by atoms with Crippen LogP contribution in [0.5, 0.6) is 5.75 Å². The highest BCUT2D eigenvalue weighted by Gasteiger charge is 2.29. The van der Waals surface area contributed by atoms with E-state index in [2.05, 4.69) is 6.58 Å². The Kier molecular flexibility index (Phi) is 6.90. The summed E-state index contributed by atoms with van der Waals surface area (Å²) in [5.41, 5.74) is 0.507. The number of carbonyl (C=O) groups is 1. The molecule has 0 aliphatic heterocycles. The van der Waals surface area contributed by atoms with Gasteiger partial charge in [0, 0.05) is 12.1 Å². The van der Waals surface area contributed by atoms with E-state index in [1.54, 1.807) is 45.9 Å². The molecule has 4 nitrogen and oxygen atoms in total. The number of rotatable bonds is 6. The van der Waals surface area contributed by atoms with Crippen molar-refractivity contribution in [3.63, 3.8) is 0 Å². The molecular weight excluding hydrogens is 335 g/mol. The largest absolute Gasteiger partial charge is 0.484 e. The maximum absolute atomic E-state index is 12.4. The first-order chi connectivity index (χ1) is 11.4. The van der Waals surface area contributed by atoms with Crippen LogP contribution in [0.2, 0.25) is 0 Å². The highest BCUT2D eigenvalue weighted by molar-refractivity contribution is 5.68. The first-order valence-electron chi connectivity index (χ1n) is 7.88. The van der Waals surface area contributed by atoms with Crippen molar-refractivity contribution in [3.8, 4) is 5.75 Å². The number of carbonyl (C=O) groups excluding carboxylic acids is 1. The van der Waals surface area contributed by atoms with Gasteiger partial charge < -0.3 is 14.4 Å². The minimum atomic E-state index is -4.44. The molecule has 0 saturated heterocycles. The zero-order chi connectivity index (χ0) is 19.3. The third kappa shape index (κ3) is 7.49. The SMILES string of the molecule is C=Cc1ccc(OCC(F)(F)F)c(CN(CC)C(=O)OC(C)(C)C)c1. The van der Waals surface area contributed by atoms with E-state index in [4.69, 9.17) is 9.47 Å². The summed E-state index contributed by atoms with van der Waals surface area (Å²) in [7, 11) is 0. The van der Waals surface area contributed by atoms with Gasteiger partial charge in [-0.05, 0) is 45.4 Å². The van der Waals surface area contributed by atoms with Crippen molar-refractivity contribution >= 4 is 12.2 Å². The van der Waals surface area contributed by atoms with Gasteiger partial charge in [-0.2, -0.15) is 13.2 Å². The van der Waals surface area contributed by atoms with E-state index in [1.807, 2.05) is 0 Å². The van der Waals surface area contributed by atoms with Crippen LogP contribution in [0, 0.1) is 0 Å². The molecule has 0 spiro atoms. The molecule has 0 aromatic heterocycles. The number of alkyl halides is 3. The number of ether oxygens (including phenoxy) is 2. The topological polar surface area (TPSA) is 38.8 Å². The summed E-state index contributed by atoms with van der Waals surface area (Å²) in [6.45, 7) is 9.65. The number of benzene rings is 1. The maximum Gasteiger partial charge on any atom is 0.422 e. The second kappa shape index (κ2) is 8.27. The van der Waals surface area contributed by atoms with Gasteiger partial charge in [0.15, 0.2) is 6.61 Å². The van der Waals surface area contributed by atoms with Gasteiger partial charge in [-0.1, -0.05) is 18.7 Å². The zero-order valence-electron chi connectivity index (χ0n) is 14.9. The summed E-state index contributed by atoms with van der Waals surface area (Å²) < 4.78 is 47.5. The predicted molar refractivity (Wildman–Crippen MR) is 90.4 cm³/mol. The molecule has 0 bridgehead atoms. The van der Waals surface area contributed by atoms with Gasteiger partial charge in [-0.15, -0.1) is 0 Å². The lowest BCUT2D eigenvalue weighted by atomic mass is 10.1. The molecule has 0 heterocycles. The Morgan fingerprint density at radius 1 is 1.28 bits per heavy atom. The molecule has 0 radical (unpaired) electrons. The Labute approximate surface area is 146 Å². The summed E-state index contributed by atoms with van der Waals surface area (Å²) in [5.74, 6) is 0.0740. The molecule has 0 unspecified atom stereocenters. The van der Waals surface area contributed by atoms with Gasteiger partial charge in [0.1, 0.15) is 11.4 Å². The number of nitrogens with zero attached hydrogens (tertiary/aromatic N) is 1. The van der Waals surface area contributed by atoms with Crippen molar-refractivity contribution < 1.29 is 27.4 Å². The molecule has 0 fully saturated rings. The van der Waals surface area contributed by atoms with Crippen LogP contribution in [0.1, 0.15) is 38.8 Å². The van der Waals surface area contributed by atoms with Crippen molar-refractivity contribution in [2.75, 3.05) is 13.2 Å². The molecular formula is C18H24F3NO3. The molecule has 0 saturated carbocycles. The summed E-state index contributed by atoms with van der Waals surface area (Å²) in [5, 5.41) is 0. The minimum absolute atomic E-state index is 0.0697. The lowest BCUT2D eigenvalue weighted by Gasteiger charge is -2.27. The smallest absolute Gasteiger partial charge is 0.422 e. The van der Waals surface area contributed by atoms with Gasteiger partial charge in [-0.25, -0.2) is 4.79 Å². The van der Waals surface area contributed by atoms with Gasteiger partial charge in [-0.3, -0.25) is 0 Å². The minimum Gasteiger partial charge on any atom is -0.484 e.